The van der Waals surface area contributed by atoms with E-state index < -0.39 is 12.0 Å². The maximum absolute atomic E-state index is 14.4. The lowest BCUT2D eigenvalue weighted by molar-refractivity contribution is -0.138. The Balaban J connectivity index is 1.62. The highest BCUT2D eigenvalue weighted by atomic mass is 35.5. The van der Waals surface area contributed by atoms with Crippen LogP contribution in [-0.4, -0.2) is 35.9 Å². The van der Waals surface area contributed by atoms with Crippen molar-refractivity contribution in [1.82, 2.24) is 9.13 Å². The van der Waals surface area contributed by atoms with Gasteiger partial charge in [0.1, 0.15) is 0 Å². The maximum atomic E-state index is 14.4. The summed E-state index contributed by atoms with van der Waals surface area (Å²) in [5.74, 6) is 0.444. The van der Waals surface area contributed by atoms with E-state index in [4.69, 9.17) is 30.8 Å². The maximum Gasteiger partial charge on any atom is 0.338 e. The molecule has 0 N–H and O–H groups in total. The third-order valence-corrected chi connectivity index (χ3v) is 9.14. The summed E-state index contributed by atoms with van der Waals surface area (Å²) in [5, 5.41) is 0.640. The van der Waals surface area contributed by atoms with Crippen LogP contribution in [0.3, 0.4) is 0 Å². The predicted octanol–water partition coefficient (Wildman–Crippen LogP) is 6.01. The molecule has 3 aromatic carbocycles. The Morgan fingerprint density at radius 3 is 2.43 bits per heavy atom. The first-order valence-electron chi connectivity index (χ1n) is 14.7. The largest absolute Gasteiger partial charge is 0.493 e. The summed E-state index contributed by atoms with van der Waals surface area (Å²) >= 11 is 7.58. The van der Waals surface area contributed by atoms with E-state index in [0.29, 0.717) is 37.1 Å². The van der Waals surface area contributed by atoms with E-state index in [1.54, 1.807) is 37.8 Å². The molecule has 1 atom stereocenters. The molecule has 0 amide bonds. The van der Waals surface area contributed by atoms with Crippen LogP contribution in [0.2, 0.25) is 5.02 Å². The van der Waals surface area contributed by atoms with Crippen molar-refractivity contribution >= 4 is 40.7 Å². The van der Waals surface area contributed by atoms with Crippen molar-refractivity contribution in [2.24, 2.45) is 4.99 Å². The minimum atomic E-state index is -0.841. The van der Waals surface area contributed by atoms with Gasteiger partial charge in [0.05, 0.1) is 42.7 Å². The van der Waals surface area contributed by atoms with Crippen LogP contribution in [0.4, 0.5) is 0 Å². The lowest BCUT2D eigenvalue weighted by Crippen LogP contribution is -2.40. The van der Waals surface area contributed by atoms with Crippen molar-refractivity contribution in [3.8, 4) is 17.2 Å². The third-order valence-electron chi connectivity index (χ3n) is 7.92. The van der Waals surface area contributed by atoms with Gasteiger partial charge in [-0.1, -0.05) is 65.4 Å². The number of aryl methyl sites for hydroxylation is 1. The first kappa shape index (κ1) is 31.1. The Kier molecular flexibility index (Phi) is 8.71. The number of carbonyl (C=O) groups is 1. The number of nitrogens with zero attached hydrogens (tertiary/aromatic N) is 3. The van der Waals surface area contributed by atoms with Gasteiger partial charge in [-0.3, -0.25) is 9.36 Å². The fraction of sp³-hybridized carbons (Fsp3) is 0.194. The number of halogens is 1. The quantitative estimate of drug-likeness (QED) is 0.192. The molecule has 0 saturated carbocycles. The van der Waals surface area contributed by atoms with E-state index in [1.807, 2.05) is 86.7 Å². The molecule has 2 aromatic heterocycles. The molecule has 234 valence electrons. The Morgan fingerprint density at radius 1 is 0.978 bits per heavy atom. The lowest BCUT2D eigenvalue weighted by Gasteiger charge is -2.26. The Hall–Kier alpha value is -4.86. The van der Waals surface area contributed by atoms with E-state index in [2.05, 4.69) is 4.57 Å². The highest BCUT2D eigenvalue weighted by Gasteiger charge is 2.35. The number of carbonyl (C=O) groups excluding carboxylic acids is 1. The number of benzene rings is 3. The number of thiazole rings is 1. The molecule has 6 rings (SSSR count). The van der Waals surface area contributed by atoms with Crippen molar-refractivity contribution in [2.45, 2.75) is 26.8 Å². The summed E-state index contributed by atoms with van der Waals surface area (Å²) in [5.41, 5.74) is 5.60. The summed E-state index contributed by atoms with van der Waals surface area (Å²) in [6.45, 7) is 5.94. The molecule has 0 aliphatic carbocycles. The number of hydrogen-bond acceptors (Lipinski definition) is 7. The van der Waals surface area contributed by atoms with Crippen LogP contribution in [0.25, 0.3) is 17.5 Å². The minimum absolute atomic E-state index is 0.162. The molecule has 1 aliphatic heterocycles. The van der Waals surface area contributed by atoms with Crippen molar-refractivity contribution < 1.29 is 19.0 Å². The van der Waals surface area contributed by atoms with Gasteiger partial charge in [0.2, 0.25) is 0 Å². The van der Waals surface area contributed by atoms with Crippen LogP contribution in [0.5, 0.6) is 11.5 Å². The average molecular weight is 654 g/mol. The van der Waals surface area contributed by atoms with E-state index >= 15 is 0 Å². The zero-order valence-electron chi connectivity index (χ0n) is 26.0. The molecule has 0 saturated heterocycles. The minimum Gasteiger partial charge on any atom is -0.493 e. The van der Waals surface area contributed by atoms with Crippen LogP contribution < -0.4 is 24.4 Å². The normalized spacial score (nSPS) is 14.6. The molecule has 0 spiro atoms. The molecule has 5 aromatic rings. The highest BCUT2D eigenvalue weighted by molar-refractivity contribution is 7.07. The second-order valence-electron chi connectivity index (χ2n) is 10.7. The second-order valence-corrected chi connectivity index (χ2v) is 12.1. The van der Waals surface area contributed by atoms with Gasteiger partial charge in [-0.2, -0.15) is 0 Å². The zero-order valence-corrected chi connectivity index (χ0v) is 27.6. The Bertz CT molecular complexity index is 2180. The van der Waals surface area contributed by atoms with E-state index in [0.717, 1.165) is 28.2 Å². The molecule has 1 aliphatic rings. The predicted molar refractivity (Wildman–Crippen MR) is 181 cm³/mol. The summed E-state index contributed by atoms with van der Waals surface area (Å²) in [6, 6.07) is 23.7. The van der Waals surface area contributed by atoms with Gasteiger partial charge in [0.15, 0.2) is 16.3 Å². The number of fused-ring (bicyclic) bond motifs is 1. The molecule has 0 fully saturated rings. The number of aromatic nitrogens is 2. The van der Waals surface area contributed by atoms with E-state index in [-0.39, 0.29) is 17.7 Å². The number of esters is 1. The summed E-state index contributed by atoms with van der Waals surface area (Å²) in [4.78, 5) is 33.6. The SMILES string of the molecule is CCOC(=O)C1=C(c2ccccc2)N=c2s/c(=C/c3cc(C)n(-c4cccc(Cl)c4)c3C)c(=O)n2[C@H]1c1ccc(OC)c(OC)c1. The fourth-order valence-corrected chi connectivity index (χ4v) is 7.04. The van der Waals surface area contributed by atoms with Gasteiger partial charge in [-0.25, -0.2) is 9.79 Å². The van der Waals surface area contributed by atoms with Gasteiger partial charge in [0.25, 0.3) is 5.56 Å². The monoisotopic (exact) mass is 653 g/mol. The zero-order chi connectivity index (χ0) is 32.5. The summed E-state index contributed by atoms with van der Waals surface area (Å²) < 4.78 is 20.8. The van der Waals surface area contributed by atoms with Crippen LogP contribution in [-0.2, 0) is 9.53 Å². The van der Waals surface area contributed by atoms with Gasteiger partial charge in [0, 0.05) is 27.7 Å². The second kappa shape index (κ2) is 12.9. The van der Waals surface area contributed by atoms with Gasteiger partial charge >= 0.3 is 5.97 Å². The first-order valence-corrected chi connectivity index (χ1v) is 15.9. The van der Waals surface area contributed by atoms with Gasteiger partial charge in [-0.15, -0.1) is 0 Å². The number of methoxy groups -OCH3 is 2. The molecule has 0 bridgehead atoms. The average Bonchev–Trinajstić information content (AvgIpc) is 3.53. The summed E-state index contributed by atoms with van der Waals surface area (Å²) in [7, 11) is 3.10. The summed E-state index contributed by atoms with van der Waals surface area (Å²) in [6.07, 6.45) is 1.88. The molecule has 46 heavy (non-hydrogen) atoms. The molecule has 0 unspecified atom stereocenters. The fourth-order valence-electron chi connectivity index (χ4n) is 5.87. The molecular formula is C36H32ClN3O5S. The van der Waals surface area contributed by atoms with E-state index in [1.165, 1.54) is 11.3 Å². The number of ether oxygens (including phenoxy) is 3. The topological polar surface area (TPSA) is 84.1 Å². The molecule has 10 heteroatoms. The number of hydrogen-bond donors (Lipinski definition) is 0. The van der Waals surface area contributed by atoms with Crippen LogP contribution in [0, 0.1) is 13.8 Å². The van der Waals surface area contributed by atoms with Crippen molar-refractivity contribution in [3.05, 3.63) is 137 Å². The smallest absolute Gasteiger partial charge is 0.338 e. The first-order chi connectivity index (χ1) is 22.2. The molecular weight excluding hydrogens is 622 g/mol. The standard InChI is InChI=1S/C36H32ClN3O5S/c1-6-45-35(42)31-32(23-11-8-7-9-12-23)38-36-40(33(31)24-15-16-28(43-4)29(18-24)44-5)34(41)30(46-36)19-25-17-21(2)39(22(25)3)27-14-10-13-26(37)20-27/h7-20,33H,6H2,1-5H3/b30-19+/t33-/m0/s1. The van der Waals surface area contributed by atoms with Crippen molar-refractivity contribution in [1.29, 1.82) is 0 Å². The van der Waals surface area contributed by atoms with E-state index in [9.17, 15) is 9.59 Å². The van der Waals surface area contributed by atoms with Crippen LogP contribution in [0.1, 0.15) is 41.0 Å². The van der Waals surface area contributed by atoms with Crippen LogP contribution in [0.15, 0.2) is 94.2 Å². The van der Waals surface area contributed by atoms with Gasteiger partial charge < -0.3 is 18.8 Å². The molecule has 8 nitrogen and oxygen atoms in total. The molecule has 3 heterocycles. The van der Waals surface area contributed by atoms with Crippen molar-refractivity contribution in [2.75, 3.05) is 20.8 Å². The van der Waals surface area contributed by atoms with Crippen molar-refractivity contribution in [3.63, 3.8) is 0 Å². The third kappa shape index (κ3) is 5.57. The Morgan fingerprint density at radius 2 is 1.74 bits per heavy atom. The highest BCUT2D eigenvalue weighted by Crippen LogP contribution is 2.38. The Labute approximate surface area is 275 Å². The lowest BCUT2D eigenvalue weighted by atomic mass is 9.93. The van der Waals surface area contributed by atoms with Gasteiger partial charge in [-0.05, 0) is 74.4 Å². The molecule has 0 radical (unpaired) electrons. The van der Waals surface area contributed by atoms with Crippen LogP contribution >= 0.6 is 22.9 Å². The number of rotatable bonds is 8.